The second kappa shape index (κ2) is 6.49. The van der Waals surface area contributed by atoms with Crippen LogP contribution >= 0.6 is 0 Å². The Morgan fingerprint density at radius 3 is 2.35 bits per heavy atom. The Labute approximate surface area is 119 Å². The number of nitrogens with zero attached hydrogens (tertiary/aromatic N) is 1. The van der Waals surface area contributed by atoms with Gasteiger partial charge in [-0.2, -0.15) is 0 Å². The van der Waals surface area contributed by atoms with E-state index in [0.717, 1.165) is 12.0 Å². The van der Waals surface area contributed by atoms with Crippen LogP contribution in [0.1, 0.15) is 41.0 Å². The normalized spacial score (nSPS) is 23.9. The van der Waals surface area contributed by atoms with E-state index in [2.05, 4.69) is 19.0 Å². The van der Waals surface area contributed by atoms with Crippen molar-refractivity contribution in [3.05, 3.63) is 18.6 Å². The molecule has 0 saturated heterocycles. The molecule has 1 aliphatic carbocycles. The molecule has 98 valence electrons. The predicted molar refractivity (Wildman–Crippen MR) is 66.6 cm³/mol. The maximum Gasteiger partial charge on any atom is 0.168 e. The van der Waals surface area contributed by atoms with Gasteiger partial charge in [0.25, 0.3) is 0 Å². The van der Waals surface area contributed by atoms with Crippen LogP contribution in [0.15, 0.2) is 16.3 Å². The Kier molecular flexibility index (Phi) is 7.22. The Morgan fingerprint density at radius 1 is 1.47 bits per heavy atom. The summed E-state index contributed by atoms with van der Waals surface area (Å²) in [5.74, 6) is 0.0759. The fourth-order valence-corrected chi connectivity index (χ4v) is 2.24. The van der Waals surface area contributed by atoms with E-state index in [9.17, 15) is 4.79 Å². The van der Waals surface area contributed by atoms with E-state index in [-0.39, 0.29) is 45.6 Å². The Morgan fingerprint density at radius 2 is 1.94 bits per heavy atom. The zero-order chi connectivity index (χ0) is 11.8. The molecule has 0 amide bonds. The van der Waals surface area contributed by atoms with Crippen LogP contribution in [0.2, 0.25) is 0 Å². The summed E-state index contributed by atoms with van der Waals surface area (Å²) in [4.78, 5) is 12.1. The summed E-state index contributed by atoms with van der Waals surface area (Å²) in [6.07, 6.45) is 0.877. The summed E-state index contributed by atoms with van der Waals surface area (Å²) in [6, 6.07) is 0. The fraction of sp³-hybridized carbons (Fsp3) is 0.615. The smallest absolute Gasteiger partial charge is 0.168 e. The van der Waals surface area contributed by atoms with Crippen molar-refractivity contribution in [2.45, 2.75) is 41.0 Å². The molecular formula is C13H22NO2W-. The van der Waals surface area contributed by atoms with Gasteiger partial charge >= 0.3 is 0 Å². The van der Waals surface area contributed by atoms with Gasteiger partial charge in [0.05, 0.1) is 5.71 Å². The van der Waals surface area contributed by atoms with E-state index in [4.69, 9.17) is 5.21 Å². The molecule has 3 nitrogen and oxygen atoms in total. The number of ketones is 1. The van der Waals surface area contributed by atoms with Gasteiger partial charge in [0.1, 0.15) is 0 Å². The van der Waals surface area contributed by atoms with E-state index in [1.807, 2.05) is 13.8 Å². The quantitative estimate of drug-likeness (QED) is 0.314. The second-order valence-corrected chi connectivity index (χ2v) is 5.09. The first-order chi connectivity index (χ1) is 6.81. The first kappa shape index (κ1) is 18.9. The minimum atomic E-state index is -0.0205. The van der Waals surface area contributed by atoms with Crippen LogP contribution in [0, 0.1) is 18.8 Å². The molecule has 0 aromatic carbocycles. The van der Waals surface area contributed by atoms with Crippen molar-refractivity contribution in [2.24, 2.45) is 16.5 Å². The average molecular weight is 408 g/mol. The molecule has 0 saturated carbocycles. The molecule has 0 spiro atoms. The van der Waals surface area contributed by atoms with Crippen molar-refractivity contribution >= 4 is 11.5 Å². The number of Topliss-reactive ketones (excluding diaryl/α,β-unsaturated/α-hetero) is 1. The molecule has 1 aliphatic rings. The third-order valence-electron chi connectivity index (χ3n) is 3.47. The standard InChI is InChI=1S/C12H19NO2.CH3.W/c1-7-6-12(4,5)8(2)11(14)10(7)9(3)13-15;;/h8,15H,6H2,1-5H3;1H3;/q;-1;/b13-9+;;. The molecular weight excluding hydrogens is 386 g/mol. The Hall–Kier alpha value is -0.432. The molecule has 0 aromatic rings. The SMILES string of the molecule is CC1=C(/C(C)=N/O)C(=O)C(C)C(C)(C)C1.[CH3-].[W]. The van der Waals surface area contributed by atoms with Crippen LogP contribution in [0.4, 0.5) is 0 Å². The number of hydrogen-bond acceptors (Lipinski definition) is 3. The van der Waals surface area contributed by atoms with Gasteiger partial charge in [0.15, 0.2) is 5.78 Å². The molecule has 0 bridgehead atoms. The maximum atomic E-state index is 12.1. The van der Waals surface area contributed by atoms with Crippen LogP contribution in [0.3, 0.4) is 0 Å². The van der Waals surface area contributed by atoms with E-state index in [1.54, 1.807) is 6.92 Å². The minimum absolute atomic E-state index is 0. The van der Waals surface area contributed by atoms with E-state index >= 15 is 0 Å². The van der Waals surface area contributed by atoms with Crippen molar-refractivity contribution in [2.75, 3.05) is 0 Å². The molecule has 0 aliphatic heterocycles. The first-order valence-corrected chi connectivity index (χ1v) is 5.24. The van der Waals surface area contributed by atoms with Gasteiger partial charge in [-0.05, 0) is 25.7 Å². The minimum Gasteiger partial charge on any atom is -0.411 e. The molecule has 1 unspecified atom stereocenters. The number of carbonyl (C=O) groups is 1. The molecule has 1 atom stereocenters. The van der Waals surface area contributed by atoms with Crippen LogP contribution in [-0.2, 0) is 25.9 Å². The molecule has 1 rings (SSSR count). The molecule has 0 heterocycles. The summed E-state index contributed by atoms with van der Waals surface area (Å²) < 4.78 is 0. The average Bonchev–Trinajstić information content (AvgIpc) is 2.13. The third kappa shape index (κ3) is 3.51. The molecule has 1 N–H and O–H groups in total. The largest absolute Gasteiger partial charge is 0.411 e. The van der Waals surface area contributed by atoms with Gasteiger partial charge in [-0.25, -0.2) is 0 Å². The van der Waals surface area contributed by atoms with E-state index < -0.39 is 0 Å². The van der Waals surface area contributed by atoms with Gasteiger partial charge in [-0.1, -0.05) is 31.5 Å². The van der Waals surface area contributed by atoms with Crippen molar-refractivity contribution < 1.29 is 31.1 Å². The van der Waals surface area contributed by atoms with Gasteiger partial charge < -0.3 is 12.6 Å². The third-order valence-corrected chi connectivity index (χ3v) is 3.47. The predicted octanol–water partition coefficient (Wildman–Crippen LogP) is 3.24. The van der Waals surface area contributed by atoms with Crippen LogP contribution in [-0.4, -0.2) is 16.7 Å². The van der Waals surface area contributed by atoms with Crippen molar-refractivity contribution in [1.29, 1.82) is 0 Å². The number of allylic oxidation sites excluding steroid dienone is 2. The topological polar surface area (TPSA) is 49.7 Å². The van der Waals surface area contributed by atoms with Crippen LogP contribution < -0.4 is 0 Å². The first-order valence-electron chi connectivity index (χ1n) is 5.24. The van der Waals surface area contributed by atoms with E-state index in [0.29, 0.717) is 11.3 Å². The fourth-order valence-electron chi connectivity index (χ4n) is 2.24. The Balaban J connectivity index is 0. The zero-order valence-corrected chi connectivity index (χ0v) is 14.4. The van der Waals surface area contributed by atoms with Crippen LogP contribution in [0.25, 0.3) is 0 Å². The number of carbonyl (C=O) groups excluding carboxylic acids is 1. The Bertz CT molecular complexity index is 356. The number of oxime groups is 1. The summed E-state index contributed by atoms with van der Waals surface area (Å²) in [5, 5.41) is 11.9. The van der Waals surface area contributed by atoms with Crippen molar-refractivity contribution in [1.82, 2.24) is 0 Å². The summed E-state index contributed by atoms with van der Waals surface area (Å²) in [6.45, 7) is 9.75. The molecule has 0 aromatic heterocycles. The van der Waals surface area contributed by atoms with Crippen LogP contribution in [0.5, 0.6) is 0 Å². The molecule has 0 fully saturated rings. The van der Waals surface area contributed by atoms with Crippen molar-refractivity contribution in [3.63, 3.8) is 0 Å². The molecule has 17 heavy (non-hydrogen) atoms. The zero-order valence-electron chi connectivity index (χ0n) is 11.5. The molecule has 0 radical (unpaired) electrons. The molecule has 4 heteroatoms. The number of hydrogen-bond donors (Lipinski definition) is 1. The second-order valence-electron chi connectivity index (χ2n) is 5.09. The summed E-state index contributed by atoms with van der Waals surface area (Å²) >= 11 is 0. The van der Waals surface area contributed by atoms with Gasteiger partial charge in [-0.3, -0.25) is 4.79 Å². The van der Waals surface area contributed by atoms with Crippen molar-refractivity contribution in [3.8, 4) is 0 Å². The van der Waals surface area contributed by atoms with E-state index in [1.165, 1.54) is 0 Å². The monoisotopic (exact) mass is 408 g/mol. The summed E-state index contributed by atoms with van der Waals surface area (Å²) in [7, 11) is 0. The van der Waals surface area contributed by atoms with Gasteiger partial charge in [0.2, 0.25) is 0 Å². The maximum absolute atomic E-state index is 12.1. The van der Waals surface area contributed by atoms with Gasteiger partial charge in [-0.15, -0.1) is 0 Å². The van der Waals surface area contributed by atoms with Gasteiger partial charge in [0, 0.05) is 32.6 Å². The number of rotatable bonds is 1. The summed E-state index contributed by atoms with van der Waals surface area (Å²) in [5.41, 5.74) is 2.07.